The van der Waals surface area contributed by atoms with Gasteiger partial charge in [0.25, 0.3) is 0 Å². The van der Waals surface area contributed by atoms with Crippen molar-refractivity contribution in [1.82, 2.24) is 10.3 Å². The van der Waals surface area contributed by atoms with Crippen molar-refractivity contribution >= 4 is 21.6 Å². The molecule has 0 amide bonds. The Morgan fingerprint density at radius 2 is 2.00 bits per heavy atom. The van der Waals surface area contributed by atoms with Crippen LogP contribution in [0.2, 0.25) is 0 Å². The number of hydrogen-bond acceptors (Lipinski definition) is 3. The lowest BCUT2D eigenvalue weighted by atomic mass is 10.0. The van der Waals surface area contributed by atoms with Gasteiger partial charge in [0.15, 0.2) is 0 Å². The molecule has 1 unspecified atom stereocenters. The van der Waals surface area contributed by atoms with Crippen molar-refractivity contribution in [2.75, 3.05) is 6.54 Å². The van der Waals surface area contributed by atoms with Gasteiger partial charge >= 0.3 is 0 Å². The average molecular weight is 288 g/mol. The van der Waals surface area contributed by atoms with Gasteiger partial charge in [0.1, 0.15) is 0 Å². The Morgan fingerprint density at radius 3 is 2.65 bits per heavy atom. The molecule has 1 N–H and O–H groups in total. The van der Waals surface area contributed by atoms with Crippen LogP contribution in [-0.4, -0.2) is 11.5 Å². The molecule has 2 aromatic heterocycles. The summed E-state index contributed by atoms with van der Waals surface area (Å²) in [6.07, 6.45) is 2.01. The fourth-order valence-electron chi connectivity index (χ4n) is 3.35. The summed E-state index contributed by atoms with van der Waals surface area (Å²) in [6.45, 7) is 12.8. The van der Waals surface area contributed by atoms with E-state index in [-0.39, 0.29) is 0 Å². The zero-order valence-electron chi connectivity index (χ0n) is 13.0. The predicted octanol–water partition coefficient (Wildman–Crippen LogP) is 4.63. The molecule has 2 heterocycles. The standard InChI is InChI=1S/C17H24N2S/c1-11(18-10-15-16(2,3)17(15,4)5)12-8-14-13(19-9-12)6-7-20-14/h6-9,11,15,18H,10H2,1-5H3. The van der Waals surface area contributed by atoms with E-state index in [9.17, 15) is 0 Å². The molecule has 1 fully saturated rings. The number of pyridine rings is 1. The summed E-state index contributed by atoms with van der Waals surface area (Å²) in [5.74, 6) is 0.760. The second kappa shape index (κ2) is 4.54. The lowest BCUT2D eigenvalue weighted by Gasteiger charge is -2.15. The molecule has 0 spiro atoms. The van der Waals surface area contributed by atoms with Gasteiger partial charge in [-0.1, -0.05) is 27.7 Å². The Labute approximate surface area is 125 Å². The second-order valence-electron chi connectivity index (χ2n) is 7.20. The Balaban J connectivity index is 1.66. The Kier molecular flexibility index (Phi) is 3.18. The number of fused-ring (bicyclic) bond motifs is 1. The summed E-state index contributed by atoms with van der Waals surface area (Å²) in [7, 11) is 0. The van der Waals surface area contributed by atoms with Gasteiger partial charge in [0, 0.05) is 12.2 Å². The topological polar surface area (TPSA) is 24.9 Å². The molecule has 1 aliphatic carbocycles. The highest BCUT2D eigenvalue weighted by atomic mass is 32.1. The van der Waals surface area contributed by atoms with Gasteiger partial charge in [-0.2, -0.15) is 0 Å². The van der Waals surface area contributed by atoms with Gasteiger partial charge in [-0.15, -0.1) is 11.3 Å². The smallest absolute Gasteiger partial charge is 0.0809 e. The highest BCUT2D eigenvalue weighted by Gasteiger charge is 2.63. The molecule has 2 nitrogen and oxygen atoms in total. The monoisotopic (exact) mass is 288 g/mol. The maximum absolute atomic E-state index is 4.53. The molecule has 0 saturated heterocycles. The minimum Gasteiger partial charge on any atom is -0.310 e. The Morgan fingerprint density at radius 1 is 1.30 bits per heavy atom. The van der Waals surface area contributed by atoms with Crippen molar-refractivity contribution in [1.29, 1.82) is 0 Å². The lowest BCUT2D eigenvalue weighted by Crippen LogP contribution is -2.23. The quantitative estimate of drug-likeness (QED) is 0.887. The van der Waals surface area contributed by atoms with E-state index in [0.29, 0.717) is 16.9 Å². The summed E-state index contributed by atoms with van der Waals surface area (Å²) in [5.41, 5.74) is 3.30. The number of hydrogen-bond donors (Lipinski definition) is 1. The van der Waals surface area contributed by atoms with Crippen LogP contribution in [0.3, 0.4) is 0 Å². The second-order valence-corrected chi connectivity index (χ2v) is 8.15. The highest BCUT2D eigenvalue weighted by Crippen LogP contribution is 2.68. The molecule has 108 valence electrons. The van der Waals surface area contributed by atoms with Crippen LogP contribution in [0.25, 0.3) is 10.2 Å². The maximum Gasteiger partial charge on any atom is 0.0809 e. The van der Waals surface area contributed by atoms with Crippen LogP contribution >= 0.6 is 11.3 Å². The molecule has 1 atom stereocenters. The number of aromatic nitrogens is 1. The van der Waals surface area contributed by atoms with E-state index in [1.807, 2.05) is 6.20 Å². The Hall–Kier alpha value is -0.930. The summed E-state index contributed by atoms with van der Waals surface area (Å²) in [4.78, 5) is 4.53. The van der Waals surface area contributed by atoms with Gasteiger partial charge < -0.3 is 5.32 Å². The highest BCUT2D eigenvalue weighted by molar-refractivity contribution is 7.17. The first-order valence-electron chi connectivity index (χ1n) is 7.40. The van der Waals surface area contributed by atoms with Crippen molar-refractivity contribution in [2.45, 2.75) is 40.7 Å². The van der Waals surface area contributed by atoms with Gasteiger partial charge in [0.05, 0.1) is 10.2 Å². The van der Waals surface area contributed by atoms with Crippen molar-refractivity contribution in [3.05, 3.63) is 29.3 Å². The molecular weight excluding hydrogens is 264 g/mol. The first kappa shape index (κ1) is 14.0. The molecule has 0 bridgehead atoms. The zero-order chi connectivity index (χ0) is 14.5. The molecule has 20 heavy (non-hydrogen) atoms. The van der Waals surface area contributed by atoms with E-state index in [2.05, 4.69) is 62.4 Å². The molecule has 0 aliphatic heterocycles. The lowest BCUT2D eigenvalue weighted by molar-refractivity contribution is 0.457. The fourth-order valence-corrected chi connectivity index (χ4v) is 4.14. The molecule has 3 heteroatoms. The summed E-state index contributed by atoms with van der Waals surface area (Å²) in [6, 6.07) is 4.71. The third-order valence-electron chi connectivity index (χ3n) is 5.77. The summed E-state index contributed by atoms with van der Waals surface area (Å²) < 4.78 is 1.28. The molecule has 0 radical (unpaired) electrons. The fraction of sp³-hybridized carbons (Fsp3) is 0.588. The van der Waals surface area contributed by atoms with Crippen LogP contribution in [0.1, 0.15) is 46.2 Å². The molecule has 1 saturated carbocycles. The molecule has 3 rings (SSSR count). The minimum atomic E-state index is 0.362. The van der Waals surface area contributed by atoms with Crippen LogP contribution in [0, 0.1) is 16.7 Å². The van der Waals surface area contributed by atoms with E-state index in [1.165, 1.54) is 10.3 Å². The summed E-state index contributed by atoms with van der Waals surface area (Å²) >= 11 is 1.76. The van der Waals surface area contributed by atoms with Crippen LogP contribution < -0.4 is 5.32 Å². The molecule has 2 aromatic rings. The predicted molar refractivity (Wildman–Crippen MR) is 87.1 cm³/mol. The van der Waals surface area contributed by atoms with Crippen molar-refractivity contribution < 1.29 is 0 Å². The summed E-state index contributed by atoms with van der Waals surface area (Å²) in [5, 5.41) is 5.80. The maximum atomic E-state index is 4.53. The van der Waals surface area contributed by atoms with Gasteiger partial charge in [-0.05, 0) is 53.3 Å². The normalized spacial score (nSPS) is 22.1. The third-order valence-corrected chi connectivity index (χ3v) is 6.62. The Bertz CT molecular complexity index is 613. The van der Waals surface area contributed by atoms with Crippen molar-refractivity contribution in [2.24, 2.45) is 16.7 Å². The number of nitrogens with one attached hydrogen (secondary N) is 1. The van der Waals surface area contributed by atoms with Crippen LogP contribution in [-0.2, 0) is 0 Å². The SMILES string of the molecule is CC(NCC1C(C)(C)C1(C)C)c1cnc2ccsc2c1. The van der Waals surface area contributed by atoms with E-state index in [4.69, 9.17) is 0 Å². The van der Waals surface area contributed by atoms with Crippen molar-refractivity contribution in [3.63, 3.8) is 0 Å². The van der Waals surface area contributed by atoms with Gasteiger partial charge in [-0.3, -0.25) is 4.98 Å². The molecular formula is C17H24N2S. The first-order valence-corrected chi connectivity index (χ1v) is 8.28. The first-order chi connectivity index (χ1) is 9.34. The van der Waals surface area contributed by atoms with Crippen LogP contribution in [0.4, 0.5) is 0 Å². The van der Waals surface area contributed by atoms with E-state index < -0.39 is 0 Å². The number of rotatable bonds is 4. The average Bonchev–Trinajstić information content (AvgIpc) is 2.75. The third kappa shape index (κ3) is 2.08. The molecule has 1 aliphatic rings. The number of thiophene rings is 1. The van der Waals surface area contributed by atoms with Gasteiger partial charge in [0.2, 0.25) is 0 Å². The van der Waals surface area contributed by atoms with E-state index in [0.717, 1.165) is 18.0 Å². The number of nitrogens with zero attached hydrogens (tertiary/aromatic N) is 1. The van der Waals surface area contributed by atoms with Crippen molar-refractivity contribution in [3.8, 4) is 0 Å². The van der Waals surface area contributed by atoms with E-state index in [1.54, 1.807) is 11.3 Å². The van der Waals surface area contributed by atoms with E-state index >= 15 is 0 Å². The zero-order valence-corrected chi connectivity index (χ0v) is 13.8. The van der Waals surface area contributed by atoms with Crippen LogP contribution in [0.5, 0.6) is 0 Å². The van der Waals surface area contributed by atoms with Gasteiger partial charge in [-0.25, -0.2) is 0 Å². The largest absolute Gasteiger partial charge is 0.310 e. The minimum absolute atomic E-state index is 0.362. The molecule has 0 aromatic carbocycles. The van der Waals surface area contributed by atoms with Crippen LogP contribution in [0.15, 0.2) is 23.7 Å².